The monoisotopic (exact) mass is 414 g/mol. The van der Waals surface area contributed by atoms with Crippen LogP contribution in [0.1, 0.15) is 78.6 Å². The molecule has 0 aliphatic heterocycles. The van der Waals surface area contributed by atoms with Gasteiger partial charge in [0.15, 0.2) is 0 Å². The normalized spacial score (nSPS) is 47.2. The van der Waals surface area contributed by atoms with E-state index >= 15 is 0 Å². The first-order valence-electron chi connectivity index (χ1n) is 11.2. The standard InChI is InChI=1S/C23H33F3O3/c1-13(27)29-16-6-8-21(2)15(11-16)4-5-17-18(21)7-9-22(3)19(17)10-14(20(22)28)12-23(24,25)26/h14-19H,4-12H2,1-3H3. The van der Waals surface area contributed by atoms with Crippen LogP contribution in [0.25, 0.3) is 0 Å². The Morgan fingerprint density at radius 1 is 1.07 bits per heavy atom. The number of esters is 1. The van der Waals surface area contributed by atoms with Gasteiger partial charge in [-0.25, -0.2) is 0 Å². The topological polar surface area (TPSA) is 43.4 Å². The zero-order chi connectivity index (χ0) is 21.2. The minimum absolute atomic E-state index is 0.000191. The van der Waals surface area contributed by atoms with Gasteiger partial charge in [0, 0.05) is 18.3 Å². The Kier molecular flexibility index (Phi) is 5.10. The van der Waals surface area contributed by atoms with E-state index < -0.39 is 23.9 Å². The maximum atomic E-state index is 13.0. The summed E-state index contributed by atoms with van der Waals surface area (Å²) < 4.78 is 44.6. The predicted octanol–water partition coefficient (Wildman–Crippen LogP) is 5.71. The Labute approximate surface area is 171 Å². The second-order valence-electron chi connectivity index (χ2n) is 10.7. The van der Waals surface area contributed by atoms with Crippen LogP contribution in [0.2, 0.25) is 0 Å². The van der Waals surface area contributed by atoms with Crippen molar-refractivity contribution in [3.05, 3.63) is 0 Å². The van der Waals surface area contributed by atoms with Gasteiger partial charge in [-0.1, -0.05) is 13.8 Å². The minimum atomic E-state index is -4.28. The highest BCUT2D eigenvalue weighted by atomic mass is 19.4. The molecule has 164 valence electrons. The van der Waals surface area contributed by atoms with E-state index in [1.807, 2.05) is 6.92 Å². The summed E-state index contributed by atoms with van der Waals surface area (Å²) in [4.78, 5) is 24.3. The molecule has 4 aliphatic rings. The van der Waals surface area contributed by atoms with Gasteiger partial charge in [0.1, 0.15) is 11.9 Å². The minimum Gasteiger partial charge on any atom is -0.463 e. The summed E-state index contributed by atoms with van der Waals surface area (Å²) >= 11 is 0. The lowest BCUT2D eigenvalue weighted by Gasteiger charge is -2.60. The van der Waals surface area contributed by atoms with Crippen LogP contribution in [0.3, 0.4) is 0 Å². The number of rotatable bonds is 2. The third kappa shape index (κ3) is 3.52. The molecule has 0 aromatic heterocycles. The van der Waals surface area contributed by atoms with Crippen LogP contribution in [-0.4, -0.2) is 24.0 Å². The molecule has 0 bridgehead atoms. The van der Waals surface area contributed by atoms with Crippen LogP contribution in [0, 0.1) is 40.4 Å². The average molecular weight is 415 g/mol. The molecule has 0 heterocycles. The smallest absolute Gasteiger partial charge is 0.389 e. The molecule has 0 spiro atoms. The molecule has 29 heavy (non-hydrogen) atoms. The SMILES string of the molecule is CC(=O)OC1CCC2(C)C(CCC3C4CC(CC(F)(F)F)C(=O)C4(C)CCC32)C1. The van der Waals surface area contributed by atoms with Gasteiger partial charge in [-0.2, -0.15) is 13.2 Å². The summed E-state index contributed by atoms with van der Waals surface area (Å²) in [7, 11) is 0. The second-order valence-corrected chi connectivity index (χ2v) is 10.7. The molecule has 3 nitrogen and oxygen atoms in total. The fraction of sp³-hybridized carbons (Fsp3) is 0.913. The van der Waals surface area contributed by atoms with Crippen molar-refractivity contribution in [2.24, 2.45) is 40.4 Å². The molecule has 0 N–H and O–H groups in total. The van der Waals surface area contributed by atoms with E-state index in [0.29, 0.717) is 24.2 Å². The number of hydrogen-bond acceptors (Lipinski definition) is 3. The molecule has 8 atom stereocenters. The maximum absolute atomic E-state index is 13.0. The van der Waals surface area contributed by atoms with Crippen molar-refractivity contribution in [3.63, 3.8) is 0 Å². The van der Waals surface area contributed by atoms with Gasteiger partial charge in [0.25, 0.3) is 0 Å². The first-order chi connectivity index (χ1) is 13.4. The number of fused-ring (bicyclic) bond motifs is 5. The molecular formula is C23H33F3O3. The molecule has 8 unspecified atom stereocenters. The van der Waals surface area contributed by atoms with Gasteiger partial charge < -0.3 is 4.74 Å². The van der Waals surface area contributed by atoms with Crippen molar-refractivity contribution >= 4 is 11.8 Å². The summed E-state index contributed by atoms with van der Waals surface area (Å²) in [6, 6.07) is 0. The van der Waals surface area contributed by atoms with Crippen LogP contribution in [0.4, 0.5) is 13.2 Å². The van der Waals surface area contributed by atoms with Crippen molar-refractivity contribution in [2.75, 3.05) is 0 Å². The van der Waals surface area contributed by atoms with E-state index in [1.165, 1.54) is 6.92 Å². The number of halogens is 3. The van der Waals surface area contributed by atoms with Crippen molar-refractivity contribution in [1.29, 1.82) is 0 Å². The van der Waals surface area contributed by atoms with Gasteiger partial charge in [-0.05, 0) is 80.5 Å². The van der Waals surface area contributed by atoms with E-state index in [0.717, 1.165) is 44.9 Å². The van der Waals surface area contributed by atoms with E-state index in [-0.39, 0.29) is 29.2 Å². The second kappa shape index (κ2) is 6.98. The molecule has 0 radical (unpaired) electrons. The molecule has 6 heteroatoms. The van der Waals surface area contributed by atoms with Crippen LogP contribution in [-0.2, 0) is 14.3 Å². The van der Waals surface area contributed by atoms with Gasteiger partial charge in [0.05, 0.1) is 6.42 Å². The zero-order valence-corrected chi connectivity index (χ0v) is 17.7. The number of carbonyl (C=O) groups is 2. The first kappa shape index (κ1) is 21.2. The average Bonchev–Trinajstić information content (AvgIpc) is 2.85. The lowest BCUT2D eigenvalue weighted by Crippen LogP contribution is -2.54. The Morgan fingerprint density at radius 3 is 2.45 bits per heavy atom. The van der Waals surface area contributed by atoms with E-state index in [1.54, 1.807) is 0 Å². The highest BCUT2D eigenvalue weighted by molar-refractivity contribution is 5.89. The van der Waals surface area contributed by atoms with Gasteiger partial charge in [0.2, 0.25) is 0 Å². The molecule has 4 rings (SSSR count). The van der Waals surface area contributed by atoms with Crippen LogP contribution in [0.5, 0.6) is 0 Å². The summed E-state index contributed by atoms with van der Waals surface area (Å²) in [6.45, 7) is 5.75. The molecule has 4 saturated carbocycles. The largest absolute Gasteiger partial charge is 0.463 e. The van der Waals surface area contributed by atoms with E-state index in [2.05, 4.69) is 6.92 Å². The molecule has 4 fully saturated rings. The Bertz CT molecular complexity index is 689. The summed E-state index contributed by atoms with van der Waals surface area (Å²) in [5, 5.41) is 0. The maximum Gasteiger partial charge on any atom is 0.389 e. The van der Waals surface area contributed by atoms with Crippen molar-refractivity contribution < 1.29 is 27.5 Å². The Balaban J connectivity index is 1.53. The third-order valence-corrected chi connectivity index (χ3v) is 9.29. The Morgan fingerprint density at radius 2 is 1.79 bits per heavy atom. The lowest BCUT2D eigenvalue weighted by atomic mass is 9.45. The van der Waals surface area contributed by atoms with Crippen LogP contribution < -0.4 is 0 Å². The summed E-state index contributed by atoms with van der Waals surface area (Å²) in [5.41, 5.74) is -0.429. The molecule has 0 aromatic carbocycles. The number of carbonyl (C=O) groups excluding carboxylic acids is 2. The van der Waals surface area contributed by atoms with Gasteiger partial charge in [-0.15, -0.1) is 0 Å². The number of ether oxygens (including phenoxy) is 1. The predicted molar refractivity (Wildman–Crippen MR) is 102 cm³/mol. The number of alkyl halides is 3. The fourth-order valence-electron chi connectivity index (χ4n) is 7.96. The molecule has 4 aliphatic carbocycles. The third-order valence-electron chi connectivity index (χ3n) is 9.29. The van der Waals surface area contributed by atoms with Crippen LogP contribution >= 0.6 is 0 Å². The summed E-state index contributed by atoms with van der Waals surface area (Å²) in [5.74, 6) is 0.191. The molecular weight excluding hydrogens is 381 g/mol. The molecule has 0 amide bonds. The highest BCUT2D eigenvalue weighted by Gasteiger charge is 2.63. The van der Waals surface area contributed by atoms with Crippen LogP contribution in [0.15, 0.2) is 0 Å². The van der Waals surface area contributed by atoms with Crippen molar-refractivity contribution in [2.45, 2.75) is 90.8 Å². The quantitative estimate of drug-likeness (QED) is 0.544. The molecule has 0 saturated heterocycles. The molecule has 0 aromatic rings. The zero-order valence-electron chi connectivity index (χ0n) is 17.7. The summed E-state index contributed by atoms with van der Waals surface area (Å²) in [6.07, 6.45) is 1.62. The Hall–Kier alpha value is -1.07. The van der Waals surface area contributed by atoms with E-state index in [9.17, 15) is 22.8 Å². The van der Waals surface area contributed by atoms with Crippen molar-refractivity contribution in [3.8, 4) is 0 Å². The van der Waals surface area contributed by atoms with Gasteiger partial charge in [-0.3, -0.25) is 9.59 Å². The highest BCUT2D eigenvalue weighted by Crippen LogP contribution is 2.66. The van der Waals surface area contributed by atoms with Gasteiger partial charge >= 0.3 is 12.1 Å². The van der Waals surface area contributed by atoms with Crippen molar-refractivity contribution in [1.82, 2.24) is 0 Å². The fourth-order valence-corrected chi connectivity index (χ4v) is 7.96. The number of hydrogen-bond donors (Lipinski definition) is 0. The first-order valence-corrected chi connectivity index (χ1v) is 11.2. The number of Topliss-reactive ketones (excluding diaryl/α,β-unsaturated/α-hetero) is 1. The number of ketones is 1. The van der Waals surface area contributed by atoms with E-state index in [4.69, 9.17) is 4.74 Å². The lowest BCUT2D eigenvalue weighted by molar-refractivity contribution is -0.160.